The fourth-order valence-corrected chi connectivity index (χ4v) is 6.31. The first-order chi connectivity index (χ1) is 11.3. The maximum Gasteiger partial charge on any atom is 0.115 e. The summed E-state index contributed by atoms with van der Waals surface area (Å²) in [7, 11) is 0. The predicted octanol–water partition coefficient (Wildman–Crippen LogP) is 4.25. The summed E-state index contributed by atoms with van der Waals surface area (Å²) in [6, 6.07) is 7.01. The van der Waals surface area contributed by atoms with Gasteiger partial charge in [0.15, 0.2) is 0 Å². The third-order valence-corrected chi connectivity index (χ3v) is 7.65. The van der Waals surface area contributed by atoms with Crippen LogP contribution in [0.4, 0.5) is 0 Å². The van der Waals surface area contributed by atoms with Crippen molar-refractivity contribution in [1.82, 2.24) is 4.90 Å². The van der Waals surface area contributed by atoms with Crippen LogP contribution in [0.15, 0.2) is 18.2 Å². The molecule has 1 heterocycles. The van der Waals surface area contributed by atoms with Gasteiger partial charge >= 0.3 is 0 Å². The third-order valence-electron chi connectivity index (χ3n) is 7.65. The van der Waals surface area contributed by atoms with E-state index in [0.29, 0.717) is 11.2 Å². The highest BCUT2D eigenvalue weighted by molar-refractivity contribution is 5.45. The van der Waals surface area contributed by atoms with Crippen LogP contribution in [0.5, 0.6) is 5.75 Å². The van der Waals surface area contributed by atoms with Gasteiger partial charge < -0.3 is 5.11 Å². The highest BCUT2D eigenvalue weighted by Gasteiger charge is 2.53. The summed E-state index contributed by atoms with van der Waals surface area (Å²) in [4.78, 5) is 2.87. The van der Waals surface area contributed by atoms with Gasteiger partial charge in [0.1, 0.15) is 5.75 Å². The summed E-state index contributed by atoms with van der Waals surface area (Å²) in [6.45, 7) is 2.64. The van der Waals surface area contributed by atoms with Crippen molar-refractivity contribution in [2.75, 3.05) is 13.1 Å². The van der Waals surface area contributed by atoms with Crippen LogP contribution >= 0.6 is 0 Å². The SMILES string of the molecule is Oc1ccc2c(c1)[C@]13CCCCC1C(C2)N(CC1CCC1)CC3. The summed E-state index contributed by atoms with van der Waals surface area (Å²) >= 11 is 0. The number of rotatable bonds is 2. The molecule has 3 fully saturated rings. The molecule has 0 spiro atoms. The van der Waals surface area contributed by atoms with Crippen molar-refractivity contribution in [1.29, 1.82) is 0 Å². The van der Waals surface area contributed by atoms with Crippen LogP contribution in [0.3, 0.4) is 0 Å². The molecule has 2 heteroatoms. The van der Waals surface area contributed by atoms with Crippen molar-refractivity contribution in [2.45, 2.75) is 69.2 Å². The number of hydrogen-bond acceptors (Lipinski definition) is 2. The Kier molecular flexibility index (Phi) is 3.27. The number of phenolic OH excluding ortho intramolecular Hbond substituents is 1. The molecule has 0 amide bonds. The summed E-state index contributed by atoms with van der Waals surface area (Å²) < 4.78 is 0. The van der Waals surface area contributed by atoms with Crippen LogP contribution in [0.25, 0.3) is 0 Å². The smallest absolute Gasteiger partial charge is 0.115 e. The summed E-state index contributed by atoms with van der Waals surface area (Å²) in [5.74, 6) is 2.28. The molecule has 1 aliphatic heterocycles. The Morgan fingerprint density at radius 2 is 2.00 bits per heavy atom. The molecule has 2 bridgehead atoms. The van der Waals surface area contributed by atoms with Crippen molar-refractivity contribution in [2.24, 2.45) is 11.8 Å². The summed E-state index contributed by atoms with van der Waals surface area (Å²) in [6.07, 6.45) is 12.5. The molecule has 23 heavy (non-hydrogen) atoms. The third kappa shape index (κ3) is 2.10. The Labute approximate surface area is 139 Å². The second-order valence-corrected chi connectivity index (χ2v) is 8.66. The van der Waals surface area contributed by atoms with Crippen molar-refractivity contribution in [3.05, 3.63) is 29.3 Å². The van der Waals surface area contributed by atoms with Crippen LogP contribution in [-0.2, 0) is 11.8 Å². The van der Waals surface area contributed by atoms with Crippen LogP contribution < -0.4 is 0 Å². The zero-order valence-corrected chi connectivity index (χ0v) is 14.1. The van der Waals surface area contributed by atoms with E-state index in [1.807, 2.05) is 6.07 Å². The van der Waals surface area contributed by atoms with Crippen molar-refractivity contribution in [3.8, 4) is 5.75 Å². The average Bonchev–Trinajstić information content (AvgIpc) is 2.53. The highest BCUT2D eigenvalue weighted by Crippen LogP contribution is 2.56. The van der Waals surface area contributed by atoms with Gasteiger partial charge in [-0.25, -0.2) is 0 Å². The summed E-state index contributed by atoms with van der Waals surface area (Å²) in [5, 5.41) is 10.1. The molecule has 1 saturated heterocycles. The van der Waals surface area contributed by atoms with E-state index in [0.717, 1.165) is 17.9 Å². The number of phenols is 1. The molecule has 3 aliphatic carbocycles. The highest BCUT2D eigenvalue weighted by atomic mass is 16.3. The number of aromatic hydroxyl groups is 1. The van der Waals surface area contributed by atoms with Crippen LogP contribution in [0.2, 0.25) is 0 Å². The number of hydrogen-bond donors (Lipinski definition) is 1. The second kappa shape index (κ2) is 5.24. The molecule has 1 aromatic rings. The molecule has 4 aliphatic rings. The molecule has 2 unspecified atom stereocenters. The minimum absolute atomic E-state index is 0.380. The Balaban J connectivity index is 1.54. The molecule has 3 atom stereocenters. The molecule has 124 valence electrons. The topological polar surface area (TPSA) is 23.5 Å². The molecule has 2 nitrogen and oxygen atoms in total. The average molecular weight is 311 g/mol. The predicted molar refractivity (Wildman–Crippen MR) is 92.8 cm³/mol. The standard InChI is InChI=1S/C21H29NO/c23-17-8-7-16-12-20-18-6-1-2-9-21(18,19(16)13-17)10-11-22(20)14-15-4-3-5-15/h7-8,13,15,18,20,23H,1-6,9-12,14H2/t18?,20?,21-/m0/s1. The number of piperidine rings is 1. The van der Waals surface area contributed by atoms with E-state index in [1.165, 1.54) is 82.0 Å². The molecule has 1 N–H and O–H groups in total. The minimum Gasteiger partial charge on any atom is -0.508 e. The van der Waals surface area contributed by atoms with Crippen molar-refractivity contribution >= 4 is 0 Å². The van der Waals surface area contributed by atoms with Gasteiger partial charge in [-0.3, -0.25) is 4.90 Å². The van der Waals surface area contributed by atoms with Gasteiger partial charge in [0, 0.05) is 18.0 Å². The molecule has 0 radical (unpaired) electrons. The number of fused-ring (bicyclic) bond motifs is 1. The van der Waals surface area contributed by atoms with Gasteiger partial charge in [0.2, 0.25) is 0 Å². The molecule has 2 saturated carbocycles. The first kappa shape index (κ1) is 14.3. The van der Waals surface area contributed by atoms with Crippen molar-refractivity contribution in [3.63, 3.8) is 0 Å². The minimum atomic E-state index is 0.380. The van der Waals surface area contributed by atoms with E-state index in [-0.39, 0.29) is 0 Å². The summed E-state index contributed by atoms with van der Waals surface area (Å²) in [5.41, 5.74) is 3.43. The van der Waals surface area contributed by atoms with E-state index in [9.17, 15) is 5.11 Å². The fourth-order valence-electron chi connectivity index (χ4n) is 6.31. The largest absolute Gasteiger partial charge is 0.508 e. The first-order valence-corrected chi connectivity index (χ1v) is 9.83. The quantitative estimate of drug-likeness (QED) is 0.882. The number of nitrogens with zero attached hydrogens (tertiary/aromatic N) is 1. The number of benzene rings is 1. The zero-order valence-electron chi connectivity index (χ0n) is 14.1. The van der Waals surface area contributed by atoms with Crippen LogP contribution in [0.1, 0.15) is 62.5 Å². The molecular formula is C21H29NO. The fraction of sp³-hybridized carbons (Fsp3) is 0.714. The number of likely N-dealkylation sites (tertiary alicyclic amines) is 1. The lowest BCUT2D eigenvalue weighted by molar-refractivity contribution is -0.0240. The van der Waals surface area contributed by atoms with E-state index in [4.69, 9.17) is 0 Å². The van der Waals surface area contributed by atoms with Gasteiger partial charge in [0.05, 0.1) is 0 Å². The van der Waals surface area contributed by atoms with E-state index in [1.54, 1.807) is 0 Å². The Morgan fingerprint density at radius 1 is 1.09 bits per heavy atom. The Morgan fingerprint density at radius 3 is 2.83 bits per heavy atom. The lowest BCUT2D eigenvalue weighted by atomic mass is 9.52. The normalized spacial score (nSPS) is 36.9. The van der Waals surface area contributed by atoms with E-state index < -0.39 is 0 Å². The Hall–Kier alpha value is -1.02. The van der Waals surface area contributed by atoms with E-state index in [2.05, 4.69) is 17.0 Å². The maximum atomic E-state index is 10.1. The molecule has 5 rings (SSSR count). The lowest BCUT2D eigenvalue weighted by Crippen LogP contribution is -2.61. The van der Waals surface area contributed by atoms with Crippen LogP contribution in [0, 0.1) is 11.8 Å². The van der Waals surface area contributed by atoms with Gasteiger partial charge in [-0.1, -0.05) is 25.3 Å². The van der Waals surface area contributed by atoms with E-state index >= 15 is 0 Å². The first-order valence-electron chi connectivity index (χ1n) is 9.83. The van der Waals surface area contributed by atoms with Crippen molar-refractivity contribution < 1.29 is 5.11 Å². The maximum absolute atomic E-state index is 10.1. The zero-order chi connectivity index (χ0) is 15.4. The molecular weight excluding hydrogens is 282 g/mol. The molecule has 0 aromatic heterocycles. The van der Waals surface area contributed by atoms with Gasteiger partial charge in [-0.15, -0.1) is 0 Å². The lowest BCUT2D eigenvalue weighted by Gasteiger charge is -2.59. The molecule has 1 aromatic carbocycles. The van der Waals surface area contributed by atoms with Gasteiger partial charge in [-0.05, 0) is 80.2 Å². The van der Waals surface area contributed by atoms with Crippen LogP contribution in [-0.4, -0.2) is 29.1 Å². The monoisotopic (exact) mass is 311 g/mol. The Bertz CT molecular complexity index is 608. The van der Waals surface area contributed by atoms with Gasteiger partial charge in [-0.2, -0.15) is 0 Å². The second-order valence-electron chi connectivity index (χ2n) is 8.66. The van der Waals surface area contributed by atoms with Gasteiger partial charge in [0.25, 0.3) is 0 Å².